The molecule has 0 aromatic carbocycles. The molecule has 1 saturated carbocycles. The SMILES string of the molecule is CCCCCC(C)(O)/C=C/[C@H]1C(O[Si](C)(C)C(C)(C)C)C[C@@H]2OC(=O)CCC/C=C\C[C@@H]21. The van der Waals surface area contributed by atoms with Crippen molar-refractivity contribution in [1.82, 2.24) is 0 Å². The number of hydrogen-bond donors (Lipinski definition) is 1. The Morgan fingerprint density at radius 3 is 2.59 bits per heavy atom. The molecule has 0 radical (unpaired) electrons. The van der Waals surface area contributed by atoms with Crippen LogP contribution in [-0.2, 0) is 14.0 Å². The zero-order valence-corrected chi connectivity index (χ0v) is 22.7. The topological polar surface area (TPSA) is 55.8 Å². The summed E-state index contributed by atoms with van der Waals surface area (Å²) in [7, 11) is -1.99. The van der Waals surface area contributed by atoms with Gasteiger partial charge >= 0.3 is 5.97 Å². The zero-order chi connectivity index (χ0) is 24.0. The molecule has 5 heteroatoms. The lowest BCUT2D eigenvalue weighted by molar-refractivity contribution is -0.151. The van der Waals surface area contributed by atoms with Gasteiger partial charge in [0.2, 0.25) is 0 Å². The summed E-state index contributed by atoms with van der Waals surface area (Å²) in [5.41, 5.74) is -0.822. The van der Waals surface area contributed by atoms with Gasteiger partial charge in [0.25, 0.3) is 0 Å². The van der Waals surface area contributed by atoms with E-state index < -0.39 is 13.9 Å². The van der Waals surface area contributed by atoms with E-state index in [9.17, 15) is 9.90 Å². The van der Waals surface area contributed by atoms with Gasteiger partial charge in [-0.3, -0.25) is 4.79 Å². The summed E-state index contributed by atoms with van der Waals surface area (Å²) in [6, 6.07) is 0. The summed E-state index contributed by atoms with van der Waals surface area (Å²) >= 11 is 0. The van der Waals surface area contributed by atoms with Gasteiger partial charge in [0.15, 0.2) is 8.32 Å². The van der Waals surface area contributed by atoms with Crippen molar-refractivity contribution >= 4 is 14.3 Å². The number of allylic oxidation sites excluding steroid dienone is 2. The molecule has 2 rings (SSSR count). The molecule has 0 aromatic rings. The highest BCUT2D eigenvalue weighted by atomic mass is 28.4. The van der Waals surface area contributed by atoms with Crippen LogP contribution in [0.4, 0.5) is 0 Å². The Morgan fingerprint density at radius 1 is 1.22 bits per heavy atom. The van der Waals surface area contributed by atoms with E-state index in [0.29, 0.717) is 6.42 Å². The van der Waals surface area contributed by atoms with Crippen LogP contribution >= 0.6 is 0 Å². The second-order valence-electron chi connectivity index (χ2n) is 11.7. The van der Waals surface area contributed by atoms with Gasteiger partial charge in [-0.1, -0.05) is 71.3 Å². The maximum atomic E-state index is 12.4. The van der Waals surface area contributed by atoms with Gasteiger partial charge in [0, 0.05) is 24.7 Å². The molecule has 1 aliphatic heterocycles. The van der Waals surface area contributed by atoms with Crippen molar-refractivity contribution in [2.75, 3.05) is 0 Å². The molecule has 0 bridgehead atoms. The van der Waals surface area contributed by atoms with Crippen molar-refractivity contribution in [1.29, 1.82) is 0 Å². The minimum absolute atomic E-state index is 0.00976. The summed E-state index contributed by atoms with van der Waals surface area (Å²) in [5, 5.41) is 11.1. The van der Waals surface area contributed by atoms with Gasteiger partial charge in [-0.15, -0.1) is 0 Å². The minimum Gasteiger partial charge on any atom is -0.462 e. The van der Waals surface area contributed by atoms with Crippen LogP contribution in [0.5, 0.6) is 0 Å². The normalized spacial score (nSPS) is 30.6. The van der Waals surface area contributed by atoms with Crippen LogP contribution in [0.15, 0.2) is 24.3 Å². The fourth-order valence-corrected chi connectivity index (χ4v) is 5.94. The Bertz CT molecular complexity index is 659. The highest BCUT2D eigenvalue weighted by Gasteiger charge is 2.48. The largest absolute Gasteiger partial charge is 0.462 e. The molecule has 5 atom stereocenters. The number of fused-ring (bicyclic) bond motifs is 1. The average molecular weight is 465 g/mol. The molecule has 0 aromatic heterocycles. The molecule has 184 valence electrons. The van der Waals surface area contributed by atoms with Crippen LogP contribution in [-0.4, -0.2) is 37.2 Å². The summed E-state index contributed by atoms with van der Waals surface area (Å²) in [4.78, 5) is 12.4. The summed E-state index contributed by atoms with van der Waals surface area (Å²) in [6.45, 7) is 15.4. The summed E-state index contributed by atoms with van der Waals surface area (Å²) in [6.07, 6.45) is 16.5. The monoisotopic (exact) mass is 464 g/mol. The first-order valence-corrected chi connectivity index (χ1v) is 15.7. The van der Waals surface area contributed by atoms with Crippen LogP contribution in [0.1, 0.15) is 92.4 Å². The number of rotatable bonds is 8. The molecule has 0 spiro atoms. The molecule has 2 aliphatic rings. The van der Waals surface area contributed by atoms with Crippen LogP contribution in [0.3, 0.4) is 0 Å². The fraction of sp³-hybridized carbons (Fsp3) is 0.815. The molecule has 1 N–H and O–H groups in total. The third kappa shape index (κ3) is 7.84. The Hall–Kier alpha value is -0.913. The van der Waals surface area contributed by atoms with Gasteiger partial charge in [0.05, 0.1) is 11.7 Å². The number of hydrogen-bond acceptors (Lipinski definition) is 4. The second kappa shape index (κ2) is 11.5. The zero-order valence-electron chi connectivity index (χ0n) is 21.7. The molecule has 1 heterocycles. The van der Waals surface area contributed by atoms with Crippen LogP contribution in [0.2, 0.25) is 18.1 Å². The standard InChI is InChI=1S/C27H48O4Si/c1-8-9-14-18-27(5,29)19-17-22-21-15-12-10-11-13-16-25(28)30-23(21)20-24(22)31-32(6,7)26(2,3)4/h10,12,17,19,21-24,29H,8-9,11,13-16,18,20H2,1-7H3/b12-10-,19-17+/t21-,22-,23+,24?,27?/m1/s1. The summed E-state index contributed by atoms with van der Waals surface area (Å²) < 4.78 is 12.9. The maximum absolute atomic E-state index is 12.4. The molecule has 1 aliphatic carbocycles. The molecular weight excluding hydrogens is 416 g/mol. The number of ether oxygens (including phenoxy) is 1. The van der Waals surface area contributed by atoms with E-state index >= 15 is 0 Å². The smallest absolute Gasteiger partial charge is 0.306 e. The third-order valence-corrected chi connectivity index (χ3v) is 12.2. The second-order valence-corrected chi connectivity index (χ2v) is 16.5. The predicted octanol–water partition coefficient (Wildman–Crippen LogP) is 6.94. The van der Waals surface area contributed by atoms with Gasteiger partial charge in [-0.25, -0.2) is 0 Å². The van der Waals surface area contributed by atoms with Gasteiger partial charge in [0.1, 0.15) is 6.10 Å². The van der Waals surface area contributed by atoms with Crippen molar-refractivity contribution in [3.8, 4) is 0 Å². The van der Waals surface area contributed by atoms with Crippen molar-refractivity contribution < 1.29 is 19.1 Å². The number of aliphatic hydroxyl groups is 1. The maximum Gasteiger partial charge on any atom is 0.306 e. The van der Waals surface area contributed by atoms with E-state index in [1.165, 1.54) is 0 Å². The number of carbonyl (C=O) groups excluding carboxylic acids is 1. The Kier molecular flexibility index (Phi) is 9.81. The van der Waals surface area contributed by atoms with Gasteiger partial charge in [-0.2, -0.15) is 0 Å². The first-order valence-electron chi connectivity index (χ1n) is 12.8. The number of unbranched alkanes of at least 4 members (excludes halogenated alkanes) is 2. The molecule has 1 fully saturated rings. The fourth-order valence-electron chi connectivity index (χ4n) is 4.58. The van der Waals surface area contributed by atoms with Crippen LogP contribution in [0, 0.1) is 11.8 Å². The third-order valence-electron chi connectivity index (χ3n) is 7.69. The highest BCUT2D eigenvalue weighted by molar-refractivity contribution is 6.74. The molecular formula is C27H48O4Si. The first kappa shape index (κ1) is 27.3. The van der Waals surface area contributed by atoms with E-state index in [2.05, 4.69) is 59.0 Å². The van der Waals surface area contributed by atoms with Crippen molar-refractivity contribution in [2.45, 2.75) is 128 Å². The van der Waals surface area contributed by atoms with E-state index in [4.69, 9.17) is 9.16 Å². The lowest BCUT2D eigenvalue weighted by atomic mass is 9.87. The van der Waals surface area contributed by atoms with Gasteiger partial charge in [-0.05, 0) is 50.7 Å². The van der Waals surface area contributed by atoms with E-state index in [1.807, 2.05) is 13.0 Å². The molecule has 2 unspecified atom stereocenters. The quantitative estimate of drug-likeness (QED) is 0.183. The number of esters is 1. The van der Waals surface area contributed by atoms with Crippen LogP contribution in [0.25, 0.3) is 0 Å². The molecule has 4 nitrogen and oxygen atoms in total. The lowest BCUT2D eigenvalue weighted by Gasteiger charge is -2.40. The average Bonchev–Trinajstić information content (AvgIpc) is 2.97. The molecule has 0 amide bonds. The van der Waals surface area contributed by atoms with Crippen molar-refractivity contribution in [3.63, 3.8) is 0 Å². The Morgan fingerprint density at radius 2 is 1.94 bits per heavy atom. The predicted molar refractivity (Wildman–Crippen MR) is 135 cm³/mol. The molecule has 32 heavy (non-hydrogen) atoms. The Balaban J connectivity index is 2.31. The lowest BCUT2D eigenvalue weighted by Crippen LogP contribution is -2.45. The van der Waals surface area contributed by atoms with E-state index in [1.54, 1.807) is 0 Å². The summed E-state index contributed by atoms with van der Waals surface area (Å²) in [5.74, 6) is 0.229. The van der Waals surface area contributed by atoms with Gasteiger partial charge < -0.3 is 14.3 Å². The molecule has 0 saturated heterocycles. The first-order chi connectivity index (χ1) is 14.9. The minimum atomic E-state index is -1.99. The van der Waals surface area contributed by atoms with Crippen molar-refractivity contribution in [3.05, 3.63) is 24.3 Å². The Labute approximate surface area is 198 Å². The van der Waals surface area contributed by atoms with Crippen molar-refractivity contribution in [2.24, 2.45) is 11.8 Å². The van der Waals surface area contributed by atoms with E-state index in [-0.39, 0.29) is 35.1 Å². The number of carbonyl (C=O) groups is 1. The van der Waals surface area contributed by atoms with Crippen LogP contribution < -0.4 is 0 Å². The van der Waals surface area contributed by atoms with E-state index in [0.717, 1.165) is 51.4 Å². The highest BCUT2D eigenvalue weighted by Crippen LogP contribution is 2.45.